The van der Waals surface area contributed by atoms with Crippen LogP contribution in [0.2, 0.25) is 5.15 Å². The third-order valence-electron chi connectivity index (χ3n) is 1.98. The summed E-state index contributed by atoms with van der Waals surface area (Å²) in [6.45, 7) is 0.588. The number of fused-ring (bicyclic) bond motifs is 1. The average Bonchev–Trinajstić information content (AvgIpc) is 2.49. The van der Waals surface area contributed by atoms with Gasteiger partial charge in [0.2, 0.25) is 0 Å². The van der Waals surface area contributed by atoms with Crippen LogP contribution in [0.1, 0.15) is 11.5 Å². The Labute approximate surface area is 75.0 Å². The lowest BCUT2D eigenvalue weighted by Crippen LogP contribution is -2.04. The molecule has 0 radical (unpaired) electrons. The van der Waals surface area contributed by atoms with Crippen LogP contribution in [-0.2, 0) is 0 Å². The summed E-state index contributed by atoms with van der Waals surface area (Å²) in [6.07, 6.45) is 1.62. The first-order chi connectivity index (χ1) is 5.83. The molecule has 4 heteroatoms. The van der Waals surface area contributed by atoms with Gasteiger partial charge in [0, 0.05) is 17.7 Å². The van der Waals surface area contributed by atoms with Crippen LogP contribution in [0.25, 0.3) is 0 Å². The van der Waals surface area contributed by atoms with Crippen LogP contribution in [0.3, 0.4) is 0 Å². The predicted molar refractivity (Wildman–Crippen MR) is 44.6 cm³/mol. The minimum Gasteiger partial charge on any atom is -0.489 e. The van der Waals surface area contributed by atoms with E-state index in [0.29, 0.717) is 17.5 Å². The molecule has 0 saturated heterocycles. The summed E-state index contributed by atoms with van der Waals surface area (Å²) in [5.41, 5.74) is 0.956. The normalized spacial score (nSPS) is 20.3. The fraction of sp³-hybridized carbons (Fsp3) is 0.375. The number of aromatic nitrogens is 1. The summed E-state index contributed by atoms with van der Waals surface area (Å²) >= 11 is 5.77. The zero-order valence-corrected chi connectivity index (χ0v) is 7.08. The molecule has 12 heavy (non-hydrogen) atoms. The van der Waals surface area contributed by atoms with E-state index in [1.54, 1.807) is 6.20 Å². The number of ether oxygens (including phenoxy) is 1. The van der Waals surface area contributed by atoms with Gasteiger partial charge in [0.05, 0.1) is 13.2 Å². The lowest BCUT2D eigenvalue weighted by Gasteiger charge is -2.01. The van der Waals surface area contributed by atoms with Gasteiger partial charge in [-0.25, -0.2) is 4.98 Å². The molecule has 0 unspecified atom stereocenters. The Morgan fingerprint density at radius 2 is 2.58 bits per heavy atom. The van der Waals surface area contributed by atoms with Crippen molar-refractivity contribution >= 4 is 11.6 Å². The van der Waals surface area contributed by atoms with Gasteiger partial charge in [-0.05, 0) is 6.07 Å². The van der Waals surface area contributed by atoms with E-state index in [-0.39, 0.29) is 12.5 Å². The quantitative estimate of drug-likeness (QED) is 0.669. The minimum atomic E-state index is 0.0560. The van der Waals surface area contributed by atoms with Crippen LogP contribution in [-0.4, -0.2) is 23.3 Å². The van der Waals surface area contributed by atoms with Gasteiger partial charge in [0.25, 0.3) is 0 Å². The third-order valence-corrected chi connectivity index (χ3v) is 2.25. The maximum absolute atomic E-state index is 8.96. The lowest BCUT2D eigenvalue weighted by atomic mass is 10.0. The molecule has 2 heterocycles. The van der Waals surface area contributed by atoms with Gasteiger partial charge in [-0.2, -0.15) is 0 Å². The van der Waals surface area contributed by atoms with E-state index in [4.69, 9.17) is 21.4 Å². The van der Waals surface area contributed by atoms with Crippen molar-refractivity contribution in [2.45, 2.75) is 5.92 Å². The molecule has 1 aliphatic rings. The number of rotatable bonds is 1. The van der Waals surface area contributed by atoms with Crippen LogP contribution in [0, 0.1) is 0 Å². The van der Waals surface area contributed by atoms with Gasteiger partial charge in [-0.3, -0.25) is 0 Å². The topological polar surface area (TPSA) is 42.4 Å². The largest absolute Gasteiger partial charge is 0.489 e. The van der Waals surface area contributed by atoms with Crippen molar-refractivity contribution in [2.75, 3.05) is 13.2 Å². The smallest absolute Gasteiger partial charge is 0.171 e. The highest BCUT2D eigenvalue weighted by Crippen LogP contribution is 2.37. The molecule has 1 aliphatic heterocycles. The highest BCUT2D eigenvalue weighted by molar-refractivity contribution is 6.31. The zero-order valence-electron chi connectivity index (χ0n) is 6.33. The molecule has 1 aromatic heterocycles. The Bertz CT molecular complexity index is 303. The minimum absolute atomic E-state index is 0.0560. The van der Waals surface area contributed by atoms with Crippen molar-refractivity contribution in [3.8, 4) is 5.75 Å². The van der Waals surface area contributed by atoms with Crippen molar-refractivity contribution in [1.82, 2.24) is 4.98 Å². The van der Waals surface area contributed by atoms with E-state index in [1.165, 1.54) is 0 Å². The predicted octanol–water partition coefficient (Wildman–Crippen LogP) is 1.20. The number of pyridine rings is 1. The van der Waals surface area contributed by atoms with Crippen LogP contribution < -0.4 is 4.74 Å². The first-order valence-electron chi connectivity index (χ1n) is 3.71. The second kappa shape index (κ2) is 2.92. The molecular formula is C8H8ClNO2. The highest BCUT2D eigenvalue weighted by atomic mass is 35.5. The monoisotopic (exact) mass is 185 g/mol. The number of halogens is 1. The van der Waals surface area contributed by atoms with Crippen molar-refractivity contribution in [3.63, 3.8) is 0 Å². The maximum Gasteiger partial charge on any atom is 0.171 e. The fourth-order valence-electron chi connectivity index (χ4n) is 1.33. The molecule has 1 N–H and O–H groups in total. The van der Waals surface area contributed by atoms with Gasteiger partial charge >= 0.3 is 0 Å². The Morgan fingerprint density at radius 1 is 1.75 bits per heavy atom. The Morgan fingerprint density at radius 3 is 3.33 bits per heavy atom. The second-order valence-corrected chi connectivity index (χ2v) is 3.07. The van der Waals surface area contributed by atoms with Crippen molar-refractivity contribution in [2.24, 2.45) is 0 Å². The van der Waals surface area contributed by atoms with Crippen molar-refractivity contribution in [1.29, 1.82) is 0 Å². The number of hydrogen-bond acceptors (Lipinski definition) is 3. The molecule has 2 rings (SSSR count). The van der Waals surface area contributed by atoms with Gasteiger partial charge < -0.3 is 9.84 Å². The van der Waals surface area contributed by atoms with Crippen LogP contribution in [0.15, 0.2) is 12.3 Å². The summed E-state index contributed by atoms with van der Waals surface area (Å²) in [7, 11) is 0. The van der Waals surface area contributed by atoms with E-state index >= 15 is 0 Å². The van der Waals surface area contributed by atoms with Crippen LogP contribution in [0.5, 0.6) is 5.75 Å². The molecule has 0 aromatic carbocycles. The molecule has 0 aliphatic carbocycles. The average molecular weight is 186 g/mol. The first kappa shape index (κ1) is 7.83. The molecule has 1 atom stereocenters. The van der Waals surface area contributed by atoms with E-state index < -0.39 is 0 Å². The van der Waals surface area contributed by atoms with E-state index in [2.05, 4.69) is 4.98 Å². The summed E-state index contributed by atoms with van der Waals surface area (Å²) in [4.78, 5) is 3.88. The number of nitrogens with zero attached hydrogens (tertiary/aromatic N) is 1. The Balaban J connectivity index is 2.46. The van der Waals surface area contributed by atoms with Gasteiger partial charge in [0.15, 0.2) is 10.9 Å². The number of hydrogen-bond donors (Lipinski definition) is 1. The van der Waals surface area contributed by atoms with Gasteiger partial charge in [-0.15, -0.1) is 0 Å². The van der Waals surface area contributed by atoms with Crippen LogP contribution in [0.4, 0.5) is 0 Å². The molecule has 1 aromatic rings. The zero-order chi connectivity index (χ0) is 8.55. The summed E-state index contributed by atoms with van der Waals surface area (Å²) in [5.74, 6) is 0.679. The Hall–Kier alpha value is -0.800. The molecule has 0 amide bonds. The molecule has 3 nitrogen and oxygen atoms in total. The van der Waals surface area contributed by atoms with Gasteiger partial charge in [-0.1, -0.05) is 11.6 Å². The summed E-state index contributed by atoms with van der Waals surface area (Å²) < 4.78 is 5.28. The first-order valence-corrected chi connectivity index (χ1v) is 4.08. The van der Waals surface area contributed by atoms with Crippen LogP contribution >= 0.6 is 11.6 Å². The summed E-state index contributed by atoms with van der Waals surface area (Å²) in [6, 6.07) is 1.83. The molecule has 0 saturated carbocycles. The fourth-order valence-corrected chi connectivity index (χ4v) is 1.55. The molecule has 0 fully saturated rings. The standard InChI is InChI=1S/C8H8ClNO2/c9-8-7-6(1-2-10-8)5(3-11)4-12-7/h1-2,5,11H,3-4H2/t5-/m0/s1. The molecule has 0 spiro atoms. The number of aliphatic hydroxyl groups is 1. The molecular weight excluding hydrogens is 178 g/mol. The SMILES string of the molecule is OC[C@H]1COc2c1ccnc2Cl. The summed E-state index contributed by atoms with van der Waals surface area (Å²) in [5, 5.41) is 9.34. The third kappa shape index (κ3) is 1.06. The second-order valence-electron chi connectivity index (χ2n) is 2.71. The molecule has 64 valence electrons. The van der Waals surface area contributed by atoms with Crippen molar-refractivity contribution in [3.05, 3.63) is 23.0 Å². The highest BCUT2D eigenvalue weighted by Gasteiger charge is 2.25. The van der Waals surface area contributed by atoms with Gasteiger partial charge in [0.1, 0.15) is 0 Å². The number of aliphatic hydroxyl groups excluding tert-OH is 1. The molecule has 0 bridgehead atoms. The van der Waals surface area contributed by atoms with E-state index in [0.717, 1.165) is 5.56 Å². The lowest BCUT2D eigenvalue weighted by molar-refractivity contribution is 0.232. The van der Waals surface area contributed by atoms with Crippen molar-refractivity contribution < 1.29 is 9.84 Å². The Kier molecular flexibility index (Phi) is 1.90. The maximum atomic E-state index is 8.96. The van der Waals surface area contributed by atoms with E-state index in [9.17, 15) is 0 Å². The van der Waals surface area contributed by atoms with E-state index in [1.807, 2.05) is 6.07 Å².